The van der Waals surface area contributed by atoms with Gasteiger partial charge in [0.2, 0.25) is 5.82 Å². The van der Waals surface area contributed by atoms with E-state index in [2.05, 4.69) is 20.1 Å². The van der Waals surface area contributed by atoms with Gasteiger partial charge in [0.05, 0.1) is 17.6 Å². The average Bonchev–Trinajstić information content (AvgIpc) is 3.27. The van der Waals surface area contributed by atoms with Crippen LogP contribution in [0, 0.1) is 6.92 Å². The number of pyridine rings is 1. The van der Waals surface area contributed by atoms with Gasteiger partial charge in [-0.05, 0) is 31.2 Å². The lowest BCUT2D eigenvalue weighted by molar-refractivity contribution is 0.432. The summed E-state index contributed by atoms with van der Waals surface area (Å²) in [7, 11) is 0. The van der Waals surface area contributed by atoms with Gasteiger partial charge >= 0.3 is 0 Å². The zero-order chi connectivity index (χ0) is 15.6. The molecule has 0 radical (unpaired) electrons. The van der Waals surface area contributed by atoms with Gasteiger partial charge in [-0.1, -0.05) is 16.8 Å². The van der Waals surface area contributed by atoms with E-state index >= 15 is 0 Å². The molecular weight excluding hydrogens is 290 g/mol. The van der Waals surface area contributed by atoms with E-state index < -0.39 is 0 Å². The Labute approximate surface area is 132 Å². The maximum atomic E-state index is 5.48. The van der Waals surface area contributed by atoms with E-state index in [0.29, 0.717) is 11.7 Å². The zero-order valence-electron chi connectivity index (χ0n) is 12.4. The molecule has 0 bridgehead atoms. The average molecular weight is 303 g/mol. The molecule has 6 heteroatoms. The highest BCUT2D eigenvalue weighted by atomic mass is 16.5. The molecule has 1 aromatic carbocycles. The Morgan fingerprint density at radius 2 is 1.87 bits per heavy atom. The van der Waals surface area contributed by atoms with E-state index in [1.807, 2.05) is 48.0 Å². The first kappa shape index (κ1) is 13.4. The largest absolute Gasteiger partial charge is 0.334 e. The molecule has 0 saturated carbocycles. The summed E-state index contributed by atoms with van der Waals surface area (Å²) in [6.07, 6.45) is 8.77. The number of hydrogen-bond donors (Lipinski definition) is 0. The van der Waals surface area contributed by atoms with E-state index in [0.717, 1.165) is 22.4 Å². The quantitative estimate of drug-likeness (QED) is 0.581. The summed E-state index contributed by atoms with van der Waals surface area (Å²) in [5, 5.41) is 4.08. The van der Waals surface area contributed by atoms with Gasteiger partial charge in [0.1, 0.15) is 0 Å². The molecule has 3 heterocycles. The number of aryl methyl sites for hydroxylation is 1. The van der Waals surface area contributed by atoms with Gasteiger partial charge in [0, 0.05) is 30.4 Å². The molecule has 0 aliphatic carbocycles. The van der Waals surface area contributed by atoms with Crippen molar-refractivity contribution in [2.75, 3.05) is 0 Å². The fourth-order valence-electron chi connectivity index (χ4n) is 2.40. The van der Waals surface area contributed by atoms with Crippen LogP contribution in [0.5, 0.6) is 0 Å². The van der Waals surface area contributed by atoms with Crippen LogP contribution in [0.3, 0.4) is 0 Å². The van der Waals surface area contributed by atoms with E-state index in [1.54, 1.807) is 24.9 Å². The van der Waals surface area contributed by atoms with Crippen molar-refractivity contribution < 1.29 is 4.52 Å². The molecule has 6 nitrogen and oxygen atoms in total. The van der Waals surface area contributed by atoms with E-state index in [4.69, 9.17) is 4.52 Å². The van der Waals surface area contributed by atoms with Gasteiger partial charge in [-0.3, -0.25) is 4.98 Å². The highest BCUT2D eigenvalue weighted by Gasteiger charge is 2.15. The fraction of sp³-hybridized carbons (Fsp3) is 0.0588. The number of rotatable bonds is 3. The van der Waals surface area contributed by atoms with Crippen molar-refractivity contribution in [3.63, 3.8) is 0 Å². The van der Waals surface area contributed by atoms with Gasteiger partial charge in [-0.25, -0.2) is 4.98 Å². The Morgan fingerprint density at radius 1 is 1.00 bits per heavy atom. The maximum Gasteiger partial charge on any atom is 0.260 e. The predicted molar refractivity (Wildman–Crippen MR) is 84.8 cm³/mol. The van der Waals surface area contributed by atoms with Crippen LogP contribution in [-0.4, -0.2) is 24.7 Å². The third-order valence-corrected chi connectivity index (χ3v) is 3.53. The molecule has 0 unspecified atom stereocenters. The standard InChI is InChI=1S/C17H13N5O/c1-12-2-3-15(22-9-8-19-11-22)14(10-12)17-20-16(21-23-17)13-4-6-18-7-5-13/h2-11H,1H3. The molecule has 0 N–H and O–H groups in total. The molecule has 0 fully saturated rings. The molecular formula is C17H13N5O. The summed E-state index contributed by atoms with van der Waals surface area (Å²) in [6.45, 7) is 2.03. The van der Waals surface area contributed by atoms with Crippen LogP contribution < -0.4 is 0 Å². The molecule has 0 atom stereocenters. The molecule has 4 rings (SSSR count). The maximum absolute atomic E-state index is 5.48. The van der Waals surface area contributed by atoms with Crippen LogP contribution in [0.25, 0.3) is 28.5 Å². The molecule has 0 saturated heterocycles. The number of imidazole rings is 1. The van der Waals surface area contributed by atoms with Crippen molar-refractivity contribution in [2.24, 2.45) is 0 Å². The molecule has 3 aromatic heterocycles. The van der Waals surface area contributed by atoms with Crippen molar-refractivity contribution in [1.82, 2.24) is 24.7 Å². The molecule has 112 valence electrons. The van der Waals surface area contributed by atoms with Gasteiger partial charge in [0.25, 0.3) is 5.89 Å². The van der Waals surface area contributed by atoms with Crippen LogP contribution in [-0.2, 0) is 0 Å². The van der Waals surface area contributed by atoms with Crippen LogP contribution in [0.4, 0.5) is 0 Å². The molecule has 4 aromatic rings. The highest BCUT2D eigenvalue weighted by Crippen LogP contribution is 2.28. The van der Waals surface area contributed by atoms with Crippen molar-refractivity contribution in [3.8, 4) is 28.5 Å². The Balaban J connectivity index is 1.82. The number of hydrogen-bond acceptors (Lipinski definition) is 5. The minimum Gasteiger partial charge on any atom is -0.334 e. The fourth-order valence-corrected chi connectivity index (χ4v) is 2.40. The third kappa shape index (κ3) is 2.50. The first-order chi connectivity index (χ1) is 11.3. The number of nitrogens with zero attached hydrogens (tertiary/aromatic N) is 5. The summed E-state index contributed by atoms with van der Waals surface area (Å²) in [6, 6.07) is 9.78. The number of aromatic nitrogens is 5. The first-order valence-electron chi connectivity index (χ1n) is 7.15. The normalized spacial score (nSPS) is 10.8. The second-order valence-electron chi connectivity index (χ2n) is 5.15. The first-order valence-corrected chi connectivity index (χ1v) is 7.15. The number of benzene rings is 1. The monoisotopic (exact) mass is 303 g/mol. The second kappa shape index (κ2) is 5.49. The Bertz CT molecular complexity index is 929. The van der Waals surface area contributed by atoms with Crippen molar-refractivity contribution >= 4 is 0 Å². The zero-order valence-corrected chi connectivity index (χ0v) is 12.4. The van der Waals surface area contributed by atoms with Gasteiger partial charge in [-0.15, -0.1) is 0 Å². The van der Waals surface area contributed by atoms with Crippen molar-refractivity contribution in [1.29, 1.82) is 0 Å². The van der Waals surface area contributed by atoms with Gasteiger partial charge in [-0.2, -0.15) is 4.98 Å². The van der Waals surface area contributed by atoms with Crippen molar-refractivity contribution in [2.45, 2.75) is 6.92 Å². The van der Waals surface area contributed by atoms with Crippen LogP contribution in [0.15, 0.2) is 66.0 Å². The summed E-state index contributed by atoms with van der Waals surface area (Å²) in [4.78, 5) is 12.6. The van der Waals surface area contributed by atoms with E-state index in [9.17, 15) is 0 Å². The Kier molecular flexibility index (Phi) is 3.20. The van der Waals surface area contributed by atoms with Gasteiger partial charge < -0.3 is 9.09 Å². The Hall–Kier alpha value is -3.28. The lowest BCUT2D eigenvalue weighted by Crippen LogP contribution is -1.95. The SMILES string of the molecule is Cc1ccc(-n2ccnc2)c(-c2nc(-c3ccncc3)no2)c1. The minimum absolute atomic E-state index is 0.476. The summed E-state index contributed by atoms with van der Waals surface area (Å²) in [5.74, 6) is 1.02. The molecule has 0 spiro atoms. The minimum atomic E-state index is 0.476. The van der Waals surface area contributed by atoms with E-state index in [-0.39, 0.29) is 0 Å². The Morgan fingerprint density at radius 3 is 2.65 bits per heavy atom. The van der Waals surface area contributed by atoms with Crippen molar-refractivity contribution in [3.05, 3.63) is 67.0 Å². The second-order valence-corrected chi connectivity index (χ2v) is 5.15. The van der Waals surface area contributed by atoms with Gasteiger partial charge in [0.15, 0.2) is 0 Å². The van der Waals surface area contributed by atoms with Crippen LogP contribution in [0.2, 0.25) is 0 Å². The third-order valence-electron chi connectivity index (χ3n) is 3.53. The summed E-state index contributed by atoms with van der Waals surface area (Å²) in [5.41, 5.74) is 3.80. The summed E-state index contributed by atoms with van der Waals surface area (Å²) < 4.78 is 7.41. The molecule has 0 aliphatic heterocycles. The summed E-state index contributed by atoms with van der Waals surface area (Å²) >= 11 is 0. The van der Waals surface area contributed by atoms with Crippen LogP contribution in [0.1, 0.15) is 5.56 Å². The lowest BCUT2D eigenvalue weighted by Gasteiger charge is -2.07. The molecule has 0 aliphatic rings. The highest BCUT2D eigenvalue weighted by molar-refractivity contribution is 5.68. The van der Waals surface area contributed by atoms with E-state index in [1.165, 1.54) is 0 Å². The predicted octanol–water partition coefficient (Wildman–Crippen LogP) is 3.29. The molecule has 0 amide bonds. The lowest BCUT2D eigenvalue weighted by atomic mass is 10.1. The van der Waals surface area contributed by atoms with Crippen LogP contribution >= 0.6 is 0 Å². The topological polar surface area (TPSA) is 69.6 Å². The smallest absolute Gasteiger partial charge is 0.260 e. The molecule has 23 heavy (non-hydrogen) atoms.